The number of anilines is 1. The molecule has 0 unspecified atom stereocenters. The van der Waals surface area contributed by atoms with E-state index in [1.54, 1.807) is 12.3 Å². The number of hydrogen-bond acceptors (Lipinski definition) is 4. The van der Waals surface area contributed by atoms with Gasteiger partial charge in [-0.15, -0.1) is 0 Å². The maximum atomic E-state index is 12.5. The fourth-order valence-electron chi connectivity index (χ4n) is 2.82. The molecule has 140 valence electrons. The van der Waals surface area contributed by atoms with Crippen molar-refractivity contribution in [1.82, 2.24) is 9.29 Å². The highest BCUT2D eigenvalue weighted by atomic mass is 32.2. The molecule has 0 aliphatic carbocycles. The van der Waals surface area contributed by atoms with E-state index in [0.717, 1.165) is 22.8 Å². The number of aryl methyl sites for hydroxylation is 1. The molecule has 0 spiro atoms. The van der Waals surface area contributed by atoms with Crippen molar-refractivity contribution in [2.24, 2.45) is 0 Å². The predicted octanol–water partition coefficient (Wildman–Crippen LogP) is 2.94. The summed E-state index contributed by atoms with van der Waals surface area (Å²) >= 11 is 0. The number of nitrogens with zero attached hydrogens (tertiary/aromatic N) is 2. The van der Waals surface area contributed by atoms with Crippen molar-refractivity contribution in [2.75, 3.05) is 18.1 Å². The SMILES string of the molecule is Cc1ccccc1CN(CC(=O)Nc1cccc2cccnc12)S(C)(=O)=O. The molecule has 2 aromatic carbocycles. The monoisotopic (exact) mass is 383 g/mol. The standard InChI is InChI=1S/C20H21N3O3S/c1-15-7-3-4-8-17(15)13-23(27(2,25)26)14-19(24)22-18-11-5-9-16-10-6-12-21-20(16)18/h3-12H,13-14H2,1-2H3,(H,22,24). The van der Waals surface area contributed by atoms with Crippen molar-refractivity contribution in [3.05, 3.63) is 71.9 Å². The van der Waals surface area contributed by atoms with Crippen molar-refractivity contribution in [2.45, 2.75) is 13.5 Å². The van der Waals surface area contributed by atoms with Gasteiger partial charge < -0.3 is 5.32 Å². The smallest absolute Gasteiger partial charge is 0.239 e. The molecular formula is C20H21N3O3S. The summed E-state index contributed by atoms with van der Waals surface area (Å²) in [5.41, 5.74) is 3.06. The van der Waals surface area contributed by atoms with E-state index in [9.17, 15) is 13.2 Å². The molecule has 1 aromatic heterocycles. The van der Waals surface area contributed by atoms with Crippen LogP contribution in [0.15, 0.2) is 60.8 Å². The molecular weight excluding hydrogens is 362 g/mol. The van der Waals surface area contributed by atoms with E-state index in [1.165, 1.54) is 4.31 Å². The number of aromatic nitrogens is 1. The second kappa shape index (κ2) is 7.85. The highest BCUT2D eigenvalue weighted by Gasteiger charge is 2.21. The van der Waals surface area contributed by atoms with E-state index in [2.05, 4.69) is 10.3 Å². The predicted molar refractivity (Wildman–Crippen MR) is 107 cm³/mol. The number of carbonyl (C=O) groups is 1. The first-order valence-corrected chi connectivity index (χ1v) is 10.3. The summed E-state index contributed by atoms with van der Waals surface area (Å²) < 4.78 is 25.5. The summed E-state index contributed by atoms with van der Waals surface area (Å²) in [5, 5.41) is 3.68. The minimum Gasteiger partial charge on any atom is -0.323 e. The van der Waals surface area contributed by atoms with Gasteiger partial charge in [0.2, 0.25) is 15.9 Å². The summed E-state index contributed by atoms with van der Waals surface area (Å²) in [6, 6.07) is 16.7. The van der Waals surface area contributed by atoms with Gasteiger partial charge in [0.25, 0.3) is 0 Å². The van der Waals surface area contributed by atoms with Gasteiger partial charge in [-0.2, -0.15) is 4.31 Å². The normalized spacial score (nSPS) is 11.7. The van der Waals surface area contributed by atoms with Crippen LogP contribution in [0.3, 0.4) is 0 Å². The third kappa shape index (κ3) is 4.69. The van der Waals surface area contributed by atoms with Crippen LogP contribution < -0.4 is 5.32 Å². The second-order valence-electron chi connectivity index (χ2n) is 6.39. The first-order chi connectivity index (χ1) is 12.8. The zero-order chi connectivity index (χ0) is 19.4. The van der Waals surface area contributed by atoms with Gasteiger partial charge in [-0.3, -0.25) is 9.78 Å². The average molecular weight is 383 g/mol. The van der Waals surface area contributed by atoms with Crippen LogP contribution in [0.2, 0.25) is 0 Å². The van der Waals surface area contributed by atoms with Crippen molar-refractivity contribution in [1.29, 1.82) is 0 Å². The maximum absolute atomic E-state index is 12.5. The van der Waals surface area contributed by atoms with E-state index in [-0.39, 0.29) is 13.1 Å². The Hall–Kier alpha value is -2.77. The van der Waals surface area contributed by atoms with Gasteiger partial charge >= 0.3 is 0 Å². The number of carbonyl (C=O) groups excluding carboxylic acids is 1. The summed E-state index contributed by atoms with van der Waals surface area (Å²) in [7, 11) is -3.55. The second-order valence-corrected chi connectivity index (χ2v) is 8.37. The molecule has 0 saturated heterocycles. The van der Waals surface area contributed by atoms with Crippen molar-refractivity contribution in [3.63, 3.8) is 0 Å². The Labute approximate surface area is 158 Å². The average Bonchev–Trinajstić information content (AvgIpc) is 2.62. The number of pyridine rings is 1. The molecule has 3 aromatic rings. The third-order valence-electron chi connectivity index (χ3n) is 4.30. The molecule has 6 nitrogen and oxygen atoms in total. The maximum Gasteiger partial charge on any atom is 0.239 e. The Bertz CT molecular complexity index is 1080. The molecule has 0 atom stereocenters. The summed E-state index contributed by atoms with van der Waals surface area (Å²) in [6.45, 7) is 1.79. The minimum atomic E-state index is -3.55. The third-order valence-corrected chi connectivity index (χ3v) is 5.50. The first-order valence-electron chi connectivity index (χ1n) is 8.48. The lowest BCUT2D eigenvalue weighted by molar-refractivity contribution is -0.116. The fraction of sp³-hybridized carbons (Fsp3) is 0.200. The highest BCUT2D eigenvalue weighted by Crippen LogP contribution is 2.21. The molecule has 0 radical (unpaired) electrons. The molecule has 1 heterocycles. The van der Waals surface area contributed by atoms with Gasteiger partial charge in [-0.25, -0.2) is 8.42 Å². The Balaban J connectivity index is 1.80. The lowest BCUT2D eigenvalue weighted by atomic mass is 10.1. The van der Waals surface area contributed by atoms with Crippen LogP contribution in [0.1, 0.15) is 11.1 Å². The molecule has 1 amide bonds. The van der Waals surface area contributed by atoms with Crippen molar-refractivity contribution >= 4 is 32.5 Å². The number of rotatable bonds is 6. The molecule has 7 heteroatoms. The summed E-state index contributed by atoms with van der Waals surface area (Å²) in [6.07, 6.45) is 2.76. The van der Waals surface area contributed by atoms with Crippen LogP contribution in [-0.4, -0.2) is 36.4 Å². The van der Waals surface area contributed by atoms with Gasteiger partial charge in [0, 0.05) is 18.1 Å². The first kappa shape index (κ1) is 19.0. The van der Waals surface area contributed by atoms with Crippen LogP contribution in [0.4, 0.5) is 5.69 Å². The van der Waals surface area contributed by atoms with Crippen LogP contribution in [0.5, 0.6) is 0 Å². The molecule has 0 bridgehead atoms. The molecule has 27 heavy (non-hydrogen) atoms. The topological polar surface area (TPSA) is 79.4 Å². The molecule has 3 rings (SSSR count). The zero-order valence-corrected chi connectivity index (χ0v) is 16.0. The van der Waals surface area contributed by atoms with Gasteiger partial charge in [0.05, 0.1) is 24.0 Å². The Morgan fingerprint density at radius 2 is 1.81 bits per heavy atom. The number of nitrogens with one attached hydrogen (secondary N) is 1. The molecule has 0 saturated carbocycles. The Kier molecular flexibility index (Phi) is 5.53. The minimum absolute atomic E-state index is 0.146. The van der Waals surface area contributed by atoms with Gasteiger partial charge in [-0.05, 0) is 30.2 Å². The molecule has 0 fully saturated rings. The number of sulfonamides is 1. The van der Waals surface area contributed by atoms with E-state index in [4.69, 9.17) is 0 Å². The van der Waals surface area contributed by atoms with Crippen LogP contribution in [-0.2, 0) is 21.4 Å². The Morgan fingerprint density at radius 3 is 2.56 bits per heavy atom. The number of benzene rings is 2. The van der Waals surface area contributed by atoms with E-state index >= 15 is 0 Å². The number of para-hydroxylation sites is 1. The van der Waals surface area contributed by atoms with Crippen molar-refractivity contribution < 1.29 is 13.2 Å². The number of hydrogen-bond donors (Lipinski definition) is 1. The number of amides is 1. The lowest BCUT2D eigenvalue weighted by Crippen LogP contribution is -2.37. The van der Waals surface area contributed by atoms with E-state index in [1.807, 2.05) is 55.5 Å². The van der Waals surface area contributed by atoms with Crippen LogP contribution >= 0.6 is 0 Å². The summed E-state index contributed by atoms with van der Waals surface area (Å²) in [4.78, 5) is 16.8. The van der Waals surface area contributed by atoms with Gasteiger partial charge in [0.15, 0.2) is 0 Å². The molecule has 1 N–H and O–H groups in total. The van der Waals surface area contributed by atoms with Crippen LogP contribution in [0, 0.1) is 6.92 Å². The Morgan fingerprint density at radius 1 is 1.07 bits per heavy atom. The van der Waals surface area contributed by atoms with Gasteiger partial charge in [-0.1, -0.05) is 42.5 Å². The molecule has 0 aliphatic rings. The fourth-order valence-corrected chi connectivity index (χ4v) is 3.55. The summed E-state index contributed by atoms with van der Waals surface area (Å²) in [5.74, 6) is -0.410. The van der Waals surface area contributed by atoms with E-state index < -0.39 is 15.9 Å². The zero-order valence-electron chi connectivity index (χ0n) is 15.2. The quantitative estimate of drug-likeness (QED) is 0.710. The highest BCUT2D eigenvalue weighted by molar-refractivity contribution is 7.88. The largest absolute Gasteiger partial charge is 0.323 e. The lowest BCUT2D eigenvalue weighted by Gasteiger charge is -2.20. The van der Waals surface area contributed by atoms with E-state index in [0.29, 0.717) is 11.2 Å². The molecule has 0 aliphatic heterocycles. The van der Waals surface area contributed by atoms with Crippen LogP contribution in [0.25, 0.3) is 10.9 Å². The van der Waals surface area contributed by atoms with Crippen molar-refractivity contribution in [3.8, 4) is 0 Å². The number of fused-ring (bicyclic) bond motifs is 1. The van der Waals surface area contributed by atoms with Gasteiger partial charge in [0.1, 0.15) is 0 Å².